The monoisotopic (exact) mass is 343 g/mol. The molecule has 3 rings (SSSR count). The molecule has 3 heterocycles. The van der Waals surface area contributed by atoms with Gasteiger partial charge in [0, 0.05) is 18.1 Å². The van der Waals surface area contributed by atoms with Gasteiger partial charge in [0.2, 0.25) is 0 Å². The number of hydrogen-bond donors (Lipinski definition) is 1. The summed E-state index contributed by atoms with van der Waals surface area (Å²) in [6.45, 7) is 0.713. The zero-order valence-corrected chi connectivity index (χ0v) is 13.4. The van der Waals surface area contributed by atoms with Crippen molar-refractivity contribution in [2.75, 3.05) is 11.4 Å². The molecule has 2 aromatic heterocycles. The van der Waals surface area contributed by atoms with Crippen molar-refractivity contribution in [1.82, 2.24) is 9.71 Å². The molecule has 21 heavy (non-hydrogen) atoms. The van der Waals surface area contributed by atoms with Gasteiger partial charge in [0.05, 0.1) is 0 Å². The molecule has 2 aromatic rings. The highest BCUT2D eigenvalue weighted by molar-refractivity contribution is 7.92. The third-order valence-electron chi connectivity index (χ3n) is 3.22. The van der Waals surface area contributed by atoms with Crippen LogP contribution in [0.25, 0.3) is 0 Å². The average Bonchev–Trinajstić information content (AvgIpc) is 3.19. The zero-order chi connectivity index (χ0) is 14.9. The van der Waals surface area contributed by atoms with E-state index in [2.05, 4.69) is 9.71 Å². The van der Waals surface area contributed by atoms with E-state index in [4.69, 9.17) is 0 Å². The predicted molar refractivity (Wildman–Crippen MR) is 82.1 cm³/mol. The summed E-state index contributed by atoms with van der Waals surface area (Å²) in [4.78, 5) is 18.4. The Morgan fingerprint density at radius 1 is 1.38 bits per heavy atom. The van der Waals surface area contributed by atoms with Crippen molar-refractivity contribution >= 4 is 43.7 Å². The smallest absolute Gasteiger partial charge is 0.273 e. The van der Waals surface area contributed by atoms with Gasteiger partial charge >= 0.3 is 0 Å². The molecule has 1 aliphatic heterocycles. The Hall–Kier alpha value is -1.45. The quantitative estimate of drug-likeness (QED) is 0.914. The predicted octanol–water partition coefficient (Wildman–Crippen LogP) is 1.68. The van der Waals surface area contributed by atoms with Crippen molar-refractivity contribution in [3.8, 4) is 0 Å². The summed E-state index contributed by atoms with van der Waals surface area (Å²) in [5.74, 6) is -0.490. The van der Waals surface area contributed by atoms with E-state index in [1.807, 2.05) is 10.3 Å². The normalized spacial score (nSPS) is 18.9. The Bertz CT molecular complexity index is 710. The van der Waals surface area contributed by atoms with Crippen molar-refractivity contribution in [1.29, 1.82) is 0 Å². The number of carbonyl (C=O) groups is 1. The standard InChI is InChI=1S/C12H13N3O3S3/c16-11(14-21(17,18)10-4-2-7-19-10)9-3-1-6-15(9)12-13-5-8-20-12/h2,4-5,7-9H,1,3,6H2,(H,14,16)/t9-/m1/s1. The molecule has 6 nitrogen and oxygen atoms in total. The number of carbonyl (C=O) groups excluding carboxylic acids is 1. The molecule has 0 bridgehead atoms. The summed E-state index contributed by atoms with van der Waals surface area (Å²) in [5, 5.41) is 4.25. The van der Waals surface area contributed by atoms with E-state index < -0.39 is 22.0 Å². The molecule has 1 fully saturated rings. The maximum atomic E-state index is 12.3. The fourth-order valence-corrected chi connectivity index (χ4v) is 5.02. The van der Waals surface area contributed by atoms with Crippen molar-refractivity contribution in [2.24, 2.45) is 0 Å². The molecule has 0 spiro atoms. The number of anilines is 1. The lowest BCUT2D eigenvalue weighted by Crippen LogP contribution is -2.45. The summed E-state index contributed by atoms with van der Waals surface area (Å²) in [5.41, 5.74) is 0. The van der Waals surface area contributed by atoms with E-state index >= 15 is 0 Å². The van der Waals surface area contributed by atoms with Gasteiger partial charge in [-0.1, -0.05) is 6.07 Å². The van der Waals surface area contributed by atoms with E-state index in [9.17, 15) is 13.2 Å². The molecular formula is C12H13N3O3S3. The number of rotatable bonds is 4. The fourth-order valence-electron chi connectivity index (χ4n) is 2.29. The van der Waals surface area contributed by atoms with Crippen LogP contribution in [-0.4, -0.2) is 31.9 Å². The van der Waals surface area contributed by atoms with Crippen molar-refractivity contribution in [2.45, 2.75) is 23.1 Å². The van der Waals surface area contributed by atoms with Crippen LogP contribution in [0.1, 0.15) is 12.8 Å². The lowest BCUT2D eigenvalue weighted by Gasteiger charge is -2.22. The highest BCUT2D eigenvalue weighted by atomic mass is 32.2. The Morgan fingerprint density at radius 3 is 2.90 bits per heavy atom. The third kappa shape index (κ3) is 2.94. The van der Waals surface area contributed by atoms with Gasteiger partial charge in [-0.05, 0) is 24.3 Å². The zero-order valence-electron chi connectivity index (χ0n) is 10.9. The number of nitrogens with one attached hydrogen (secondary N) is 1. The average molecular weight is 343 g/mol. The second-order valence-corrected chi connectivity index (χ2v) is 8.30. The lowest BCUT2D eigenvalue weighted by molar-refractivity contribution is -0.120. The van der Waals surface area contributed by atoms with Crippen LogP contribution in [0, 0.1) is 0 Å². The first kappa shape index (κ1) is 14.5. The molecule has 0 aromatic carbocycles. The number of aromatic nitrogens is 1. The summed E-state index contributed by atoms with van der Waals surface area (Å²) >= 11 is 2.53. The Balaban J connectivity index is 1.76. The number of hydrogen-bond acceptors (Lipinski definition) is 7. The molecule has 0 saturated carbocycles. The van der Waals surface area contributed by atoms with Gasteiger partial charge in [0.25, 0.3) is 15.9 Å². The Kier molecular flexibility index (Phi) is 3.96. The maximum absolute atomic E-state index is 12.3. The molecule has 1 saturated heterocycles. The minimum atomic E-state index is -3.77. The lowest BCUT2D eigenvalue weighted by atomic mass is 10.2. The molecule has 1 N–H and O–H groups in total. The summed E-state index contributed by atoms with van der Waals surface area (Å²) < 4.78 is 26.5. The minimum Gasteiger partial charge on any atom is -0.336 e. The molecule has 0 aliphatic carbocycles. The molecule has 1 amide bonds. The van der Waals surface area contributed by atoms with Crippen LogP contribution < -0.4 is 9.62 Å². The number of amides is 1. The third-order valence-corrected chi connectivity index (χ3v) is 6.77. The molecule has 9 heteroatoms. The van der Waals surface area contributed by atoms with Gasteiger partial charge < -0.3 is 4.90 Å². The van der Waals surface area contributed by atoms with Gasteiger partial charge in [-0.2, -0.15) is 0 Å². The van der Waals surface area contributed by atoms with E-state index in [1.54, 1.807) is 17.6 Å². The van der Waals surface area contributed by atoms with Gasteiger partial charge in [-0.3, -0.25) is 4.79 Å². The van der Waals surface area contributed by atoms with Crippen LogP contribution in [0.2, 0.25) is 0 Å². The van der Waals surface area contributed by atoms with Crippen LogP contribution in [0.5, 0.6) is 0 Å². The second kappa shape index (κ2) is 5.74. The molecule has 0 unspecified atom stereocenters. The minimum absolute atomic E-state index is 0.148. The van der Waals surface area contributed by atoms with Gasteiger partial charge in [-0.15, -0.1) is 22.7 Å². The summed E-state index contributed by atoms with van der Waals surface area (Å²) in [6, 6.07) is 2.64. The van der Waals surface area contributed by atoms with Crippen molar-refractivity contribution in [3.05, 3.63) is 29.1 Å². The first-order valence-electron chi connectivity index (χ1n) is 6.34. The number of nitrogens with zero attached hydrogens (tertiary/aromatic N) is 2. The van der Waals surface area contributed by atoms with Crippen LogP contribution in [0.15, 0.2) is 33.3 Å². The van der Waals surface area contributed by atoms with E-state index in [-0.39, 0.29) is 4.21 Å². The highest BCUT2D eigenvalue weighted by Crippen LogP contribution is 2.27. The van der Waals surface area contributed by atoms with Crippen molar-refractivity contribution < 1.29 is 13.2 Å². The van der Waals surface area contributed by atoms with Crippen LogP contribution in [0.4, 0.5) is 5.13 Å². The highest BCUT2D eigenvalue weighted by Gasteiger charge is 2.34. The first-order chi connectivity index (χ1) is 10.1. The number of thiophene rings is 1. The first-order valence-corrected chi connectivity index (χ1v) is 9.58. The fraction of sp³-hybridized carbons (Fsp3) is 0.333. The van der Waals surface area contributed by atoms with E-state index in [1.165, 1.54) is 17.4 Å². The van der Waals surface area contributed by atoms with Crippen LogP contribution in [-0.2, 0) is 14.8 Å². The molecule has 1 aliphatic rings. The topological polar surface area (TPSA) is 79.4 Å². The van der Waals surface area contributed by atoms with Gasteiger partial charge in [0.15, 0.2) is 5.13 Å². The molecule has 0 radical (unpaired) electrons. The Labute approximate surface area is 130 Å². The molecule has 112 valence electrons. The summed E-state index contributed by atoms with van der Waals surface area (Å²) in [6.07, 6.45) is 3.15. The van der Waals surface area contributed by atoms with E-state index in [0.29, 0.717) is 13.0 Å². The number of sulfonamides is 1. The van der Waals surface area contributed by atoms with Gasteiger partial charge in [-0.25, -0.2) is 18.1 Å². The van der Waals surface area contributed by atoms with E-state index in [0.717, 1.165) is 22.9 Å². The second-order valence-electron chi connectivity index (χ2n) is 4.57. The largest absolute Gasteiger partial charge is 0.336 e. The van der Waals surface area contributed by atoms with Crippen molar-refractivity contribution in [3.63, 3.8) is 0 Å². The number of thiazole rings is 1. The summed E-state index contributed by atoms with van der Waals surface area (Å²) in [7, 11) is -3.77. The van der Waals surface area contributed by atoms with Gasteiger partial charge in [0.1, 0.15) is 10.3 Å². The van der Waals surface area contributed by atoms with Crippen LogP contribution >= 0.6 is 22.7 Å². The Morgan fingerprint density at radius 2 is 2.24 bits per heavy atom. The van der Waals surface area contributed by atoms with Crippen LogP contribution in [0.3, 0.4) is 0 Å². The molecule has 1 atom stereocenters. The maximum Gasteiger partial charge on any atom is 0.273 e. The molecular weight excluding hydrogens is 330 g/mol. The SMILES string of the molecule is O=C(NS(=O)(=O)c1cccs1)[C@H]1CCCN1c1nccs1.